The third-order valence-electron chi connectivity index (χ3n) is 1.94. The molecule has 0 saturated heterocycles. The predicted octanol–water partition coefficient (Wildman–Crippen LogP) is 1.22. The molecule has 1 aliphatic carbocycles. The number of halogens is 1. The van der Waals surface area contributed by atoms with Gasteiger partial charge in [0.05, 0.1) is 0 Å². The molecule has 1 fully saturated rings. The zero-order valence-corrected chi connectivity index (χ0v) is 8.23. The second-order valence-electron chi connectivity index (χ2n) is 3.10. The molecule has 0 aromatic heterocycles. The molecule has 0 radical (unpaired) electrons. The van der Waals surface area contributed by atoms with Crippen LogP contribution in [0.25, 0.3) is 0 Å². The number of hydrogen-bond donors (Lipinski definition) is 2. The van der Waals surface area contributed by atoms with Gasteiger partial charge >= 0.3 is 5.97 Å². The van der Waals surface area contributed by atoms with Crippen LogP contribution in [0.1, 0.15) is 32.1 Å². The summed E-state index contributed by atoms with van der Waals surface area (Å²) in [5.41, 5.74) is 5.05. The lowest BCUT2D eigenvalue weighted by molar-refractivity contribution is -0.147. The van der Waals surface area contributed by atoms with Gasteiger partial charge in [-0.05, 0) is 25.7 Å². The summed E-state index contributed by atoms with van der Waals surface area (Å²) in [6.07, 6.45) is 4.21. The molecule has 0 aromatic carbocycles. The number of carbonyl (C=O) groups is 1. The summed E-state index contributed by atoms with van der Waals surface area (Å²) < 4.78 is 5.06. The van der Waals surface area contributed by atoms with Gasteiger partial charge < -0.3 is 10.5 Å². The largest absolute Gasteiger partial charge is 0.462 e. The second kappa shape index (κ2) is 5.80. The summed E-state index contributed by atoms with van der Waals surface area (Å²) in [5, 5.41) is 6.88. The van der Waals surface area contributed by atoms with Crippen molar-refractivity contribution in [2.24, 2.45) is 5.73 Å². The highest BCUT2D eigenvalue weighted by molar-refractivity contribution is 5.94. The number of amidine groups is 1. The summed E-state index contributed by atoms with van der Waals surface area (Å²) >= 11 is 0. The zero-order chi connectivity index (χ0) is 8.97. The van der Waals surface area contributed by atoms with E-state index in [4.69, 9.17) is 15.9 Å². The quantitative estimate of drug-likeness (QED) is 0.414. The van der Waals surface area contributed by atoms with Gasteiger partial charge in [0.1, 0.15) is 18.4 Å². The number of rotatable bonds is 3. The Morgan fingerprint density at radius 1 is 1.46 bits per heavy atom. The minimum absolute atomic E-state index is 0. The van der Waals surface area contributed by atoms with E-state index in [0.29, 0.717) is 0 Å². The predicted molar refractivity (Wildman–Crippen MR) is 52.1 cm³/mol. The van der Waals surface area contributed by atoms with E-state index in [1.165, 1.54) is 0 Å². The normalized spacial score (nSPS) is 16.3. The number of ether oxygens (including phenoxy) is 1. The lowest BCUT2D eigenvalue weighted by Gasteiger charge is -2.10. The number of esters is 1. The Balaban J connectivity index is 0.00000144. The van der Waals surface area contributed by atoms with Gasteiger partial charge in [-0.1, -0.05) is 0 Å². The van der Waals surface area contributed by atoms with E-state index in [1.54, 1.807) is 0 Å². The molecule has 1 aliphatic rings. The molecule has 1 rings (SSSR count). The summed E-state index contributed by atoms with van der Waals surface area (Å²) in [4.78, 5) is 11.0. The molecule has 0 aliphatic heterocycles. The summed E-state index contributed by atoms with van der Waals surface area (Å²) in [5.74, 6) is -0.493. The van der Waals surface area contributed by atoms with Gasteiger partial charge in [0, 0.05) is 0 Å². The molecule has 0 bridgehead atoms. The average Bonchev–Trinajstić information content (AvgIpc) is 2.37. The minimum Gasteiger partial charge on any atom is -0.462 e. The Bertz CT molecular complexity index is 191. The van der Waals surface area contributed by atoms with Crippen LogP contribution in [0.3, 0.4) is 0 Å². The molecule has 13 heavy (non-hydrogen) atoms. The smallest absolute Gasteiger partial charge is 0.313 e. The van der Waals surface area contributed by atoms with E-state index in [0.717, 1.165) is 25.7 Å². The van der Waals surface area contributed by atoms with E-state index in [1.807, 2.05) is 0 Å². The molecule has 0 spiro atoms. The number of carbonyl (C=O) groups excluding carboxylic acids is 1. The first-order valence-electron chi connectivity index (χ1n) is 4.21. The van der Waals surface area contributed by atoms with Crippen molar-refractivity contribution < 1.29 is 9.53 Å². The molecule has 0 aromatic rings. The number of hydrogen-bond acceptors (Lipinski definition) is 3. The van der Waals surface area contributed by atoms with Crippen LogP contribution in [-0.4, -0.2) is 17.9 Å². The molecule has 0 atom stereocenters. The maximum Gasteiger partial charge on any atom is 0.313 e. The molecule has 0 amide bonds. The van der Waals surface area contributed by atoms with Crippen LogP contribution in [-0.2, 0) is 9.53 Å². The van der Waals surface area contributed by atoms with Crippen LogP contribution in [0.2, 0.25) is 0 Å². The van der Waals surface area contributed by atoms with Crippen LogP contribution >= 0.6 is 12.4 Å². The van der Waals surface area contributed by atoms with Gasteiger partial charge in [0.2, 0.25) is 0 Å². The van der Waals surface area contributed by atoms with Crippen LogP contribution in [0.4, 0.5) is 0 Å². The first-order chi connectivity index (χ1) is 5.68. The Morgan fingerprint density at radius 3 is 2.46 bits per heavy atom. The monoisotopic (exact) mass is 206 g/mol. The van der Waals surface area contributed by atoms with Gasteiger partial charge in [-0.2, -0.15) is 0 Å². The average molecular weight is 207 g/mol. The van der Waals surface area contributed by atoms with E-state index >= 15 is 0 Å². The molecule has 3 N–H and O–H groups in total. The molecule has 5 heteroatoms. The van der Waals surface area contributed by atoms with Gasteiger partial charge in [-0.3, -0.25) is 10.2 Å². The van der Waals surface area contributed by atoms with Crippen molar-refractivity contribution in [2.45, 2.75) is 38.2 Å². The van der Waals surface area contributed by atoms with Gasteiger partial charge in [-0.25, -0.2) is 0 Å². The SMILES string of the molecule is Cl.N=C(N)CC(=O)OC1CCCC1. The molecular weight excluding hydrogens is 192 g/mol. The van der Waals surface area contributed by atoms with E-state index < -0.39 is 0 Å². The molecule has 0 heterocycles. The van der Waals surface area contributed by atoms with Crippen molar-refractivity contribution >= 4 is 24.2 Å². The Hall–Kier alpha value is -0.770. The number of nitrogens with one attached hydrogen (secondary N) is 1. The molecule has 1 saturated carbocycles. The topological polar surface area (TPSA) is 76.2 Å². The first-order valence-corrected chi connectivity index (χ1v) is 4.21. The highest BCUT2D eigenvalue weighted by Gasteiger charge is 2.19. The fourth-order valence-electron chi connectivity index (χ4n) is 1.39. The molecular formula is C8H15ClN2O2. The van der Waals surface area contributed by atoms with Crippen LogP contribution in [0, 0.1) is 5.41 Å². The zero-order valence-electron chi connectivity index (χ0n) is 7.41. The first kappa shape index (κ1) is 12.2. The molecule has 4 nitrogen and oxygen atoms in total. The van der Waals surface area contributed by atoms with Gasteiger partial charge in [0.15, 0.2) is 0 Å². The Labute approximate surface area is 83.7 Å². The summed E-state index contributed by atoms with van der Waals surface area (Å²) in [6, 6.07) is 0. The summed E-state index contributed by atoms with van der Waals surface area (Å²) in [7, 11) is 0. The third kappa shape index (κ3) is 4.72. The van der Waals surface area contributed by atoms with E-state index in [2.05, 4.69) is 0 Å². The van der Waals surface area contributed by atoms with Crippen molar-refractivity contribution in [1.82, 2.24) is 0 Å². The minimum atomic E-state index is -0.366. The highest BCUT2D eigenvalue weighted by atomic mass is 35.5. The molecule has 76 valence electrons. The van der Waals surface area contributed by atoms with Crippen LogP contribution in [0.5, 0.6) is 0 Å². The van der Waals surface area contributed by atoms with E-state index in [9.17, 15) is 4.79 Å². The standard InChI is InChI=1S/C8H14N2O2.ClH/c9-7(10)5-8(11)12-6-3-1-2-4-6;/h6H,1-5H2,(H3,9,10);1H. The fourth-order valence-corrected chi connectivity index (χ4v) is 1.39. The van der Waals surface area contributed by atoms with Gasteiger partial charge in [-0.15, -0.1) is 12.4 Å². The van der Waals surface area contributed by atoms with Crippen LogP contribution < -0.4 is 5.73 Å². The second-order valence-corrected chi connectivity index (χ2v) is 3.10. The van der Waals surface area contributed by atoms with Gasteiger partial charge in [0.25, 0.3) is 0 Å². The fraction of sp³-hybridized carbons (Fsp3) is 0.750. The van der Waals surface area contributed by atoms with Crippen molar-refractivity contribution in [3.8, 4) is 0 Å². The lowest BCUT2D eigenvalue weighted by atomic mass is 10.3. The molecule has 0 unspecified atom stereocenters. The summed E-state index contributed by atoms with van der Waals surface area (Å²) in [6.45, 7) is 0. The van der Waals surface area contributed by atoms with Crippen molar-refractivity contribution in [3.63, 3.8) is 0 Å². The van der Waals surface area contributed by atoms with Crippen molar-refractivity contribution in [3.05, 3.63) is 0 Å². The maximum atomic E-state index is 11.0. The van der Waals surface area contributed by atoms with Crippen LogP contribution in [0.15, 0.2) is 0 Å². The maximum absolute atomic E-state index is 11.0. The third-order valence-corrected chi connectivity index (χ3v) is 1.94. The highest BCUT2D eigenvalue weighted by Crippen LogP contribution is 2.21. The lowest BCUT2D eigenvalue weighted by Crippen LogP contribution is -2.21. The van der Waals surface area contributed by atoms with Crippen molar-refractivity contribution in [1.29, 1.82) is 5.41 Å². The Morgan fingerprint density at radius 2 is 2.00 bits per heavy atom. The number of nitrogens with two attached hydrogens (primary N) is 1. The van der Waals surface area contributed by atoms with Crippen molar-refractivity contribution in [2.75, 3.05) is 0 Å². The van der Waals surface area contributed by atoms with E-state index in [-0.39, 0.29) is 36.7 Å². The Kier molecular flexibility index (Phi) is 5.46.